The van der Waals surface area contributed by atoms with Crippen LogP contribution in [-0.4, -0.2) is 48.7 Å². The first-order valence-electron chi connectivity index (χ1n) is 6.97. The highest BCUT2D eigenvalue weighted by Gasteiger charge is 2.33. The Morgan fingerprint density at radius 1 is 1.38 bits per heavy atom. The highest BCUT2D eigenvalue weighted by Crippen LogP contribution is 2.25. The van der Waals surface area contributed by atoms with Crippen molar-refractivity contribution in [2.24, 2.45) is 0 Å². The summed E-state index contributed by atoms with van der Waals surface area (Å²) in [6.45, 7) is 2.65. The second-order valence-electron chi connectivity index (χ2n) is 5.51. The number of carboxylic acid groups (broad SMARTS) is 1. The second-order valence-corrected chi connectivity index (χ2v) is 5.51. The molecule has 1 saturated heterocycles. The summed E-state index contributed by atoms with van der Waals surface area (Å²) < 4.78 is 0. The third-order valence-corrected chi connectivity index (χ3v) is 3.96. The van der Waals surface area contributed by atoms with Crippen LogP contribution in [0.2, 0.25) is 0 Å². The molecule has 6 heteroatoms. The standard InChI is InChI=1S/C15H21N3O3/c1-10(17(2)3)11-4-6-12(7-5-11)18-9-8-13(14(18)19)16-15(20)21/h4-7,10,13,16H,8-9H2,1-3H3,(H,20,21)/t10-,13-/m0/s1. The summed E-state index contributed by atoms with van der Waals surface area (Å²) in [5, 5.41) is 11.0. The Bertz CT molecular complexity index is 527. The summed E-state index contributed by atoms with van der Waals surface area (Å²) in [6.07, 6.45) is -0.661. The molecule has 1 heterocycles. The van der Waals surface area contributed by atoms with Gasteiger partial charge in [0.2, 0.25) is 5.91 Å². The van der Waals surface area contributed by atoms with Gasteiger partial charge < -0.3 is 20.2 Å². The molecule has 0 unspecified atom stereocenters. The number of carbonyl (C=O) groups is 2. The molecule has 2 atom stereocenters. The van der Waals surface area contributed by atoms with Crippen LogP contribution < -0.4 is 10.2 Å². The zero-order valence-corrected chi connectivity index (χ0v) is 12.5. The summed E-state index contributed by atoms with van der Waals surface area (Å²) in [5.41, 5.74) is 1.99. The number of hydrogen-bond acceptors (Lipinski definition) is 3. The Morgan fingerprint density at radius 3 is 2.52 bits per heavy atom. The predicted molar refractivity (Wildman–Crippen MR) is 80.5 cm³/mol. The van der Waals surface area contributed by atoms with Crippen molar-refractivity contribution in [3.8, 4) is 0 Å². The molecule has 0 saturated carbocycles. The fraction of sp³-hybridized carbons (Fsp3) is 0.467. The van der Waals surface area contributed by atoms with Crippen LogP contribution in [0.5, 0.6) is 0 Å². The minimum Gasteiger partial charge on any atom is -0.465 e. The number of amides is 2. The first-order valence-corrected chi connectivity index (χ1v) is 6.97. The van der Waals surface area contributed by atoms with Crippen LogP contribution in [0.25, 0.3) is 0 Å². The van der Waals surface area contributed by atoms with Crippen LogP contribution in [0.3, 0.4) is 0 Å². The van der Waals surface area contributed by atoms with Crippen LogP contribution in [0.15, 0.2) is 24.3 Å². The van der Waals surface area contributed by atoms with Crippen molar-refractivity contribution in [1.82, 2.24) is 10.2 Å². The molecule has 1 aliphatic rings. The molecule has 0 radical (unpaired) electrons. The average Bonchev–Trinajstić information content (AvgIpc) is 2.79. The van der Waals surface area contributed by atoms with Crippen molar-refractivity contribution in [2.45, 2.75) is 25.4 Å². The molecule has 2 N–H and O–H groups in total. The Morgan fingerprint density at radius 2 is 2.00 bits per heavy atom. The van der Waals surface area contributed by atoms with Gasteiger partial charge in [0.05, 0.1) is 0 Å². The molecule has 0 aliphatic carbocycles. The van der Waals surface area contributed by atoms with E-state index < -0.39 is 12.1 Å². The molecule has 2 rings (SSSR count). The van der Waals surface area contributed by atoms with Gasteiger partial charge in [0.1, 0.15) is 6.04 Å². The molecule has 21 heavy (non-hydrogen) atoms. The number of nitrogens with zero attached hydrogens (tertiary/aromatic N) is 2. The molecule has 1 aromatic rings. The molecule has 0 aromatic heterocycles. The van der Waals surface area contributed by atoms with E-state index in [1.807, 2.05) is 38.4 Å². The lowest BCUT2D eigenvalue weighted by atomic mass is 10.1. The van der Waals surface area contributed by atoms with Gasteiger partial charge in [-0.05, 0) is 45.1 Å². The number of hydrogen-bond donors (Lipinski definition) is 2. The van der Waals surface area contributed by atoms with Crippen molar-refractivity contribution >= 4 is 17.7 Å². The zero-order chi connectivity index (χ0) is 15.6. The third-order valence-electron chi connectivity index (χ3n) is 3.96. The highest BCUT2D eigenvalue weighted by molar-refractivity contribution is 6.00. The summed E-state index contributed by atoms with van der Waals surface area (Å²) in [4.78, 5) is 26.5. The molecular formula is C15H21N3O3. The SMILES string of the molecule is C[C@@H](c1ccc(N2CC[C@H](NC(=O)O)C2=O)cc1)N(C)C. The fourth-order valence-electron chi connectivity index (χ4n) is 2.45. The van der Waals surface area contributed by atoms with Gasteiger partial charge in [-0.3, -0.25) is 4.79 Å². The van der Waals surface area contributed by atoms with Gasteiger partial charge in [0.15, 0.2) is 0 Å². The van der Waals surface area contributed by atoms with Crippen LogP contribution in [0.1, 0.15) is 24.9 Å². The number of carbonyl (C=O) groups excluding carboxylic acids is 1. The maximum absolute atomic E-state index is 12.2. The topological polar surface area (TPSA) is 72.9 Å². The summed E-state index contributed by atoms with van der Waals surface area (Å²) in [5.74, 6) is -0.189. The van der Waals surface area contributed by atoms with E-state index in [-0.39, 0.29) is 5.91 Å². The quantitative estimate of drug-likeness (QED) is 0.885. The van der Waals surface area contributed by atoms with E-state index in [0.717, 1.165) is 5.69 Å². The van der Waals surface area contributed by atoms with E-state index in [1.165, 1.54) is 5.56 Å². The lowest BCUT2D eigenvalue weighted by Crippen LogP contribution is -2.40. The van der Waals surface area contributed by atoms with Crippen molar-refractivity contribution in [1.29, 1.82) is 0 Å². The number of rotatable bonds is 4. The minimum absolute atomic E-state index is 0.189. The lowest BCUT2D eigenvalue weighted by molar-refractivity contribution is -0.118. The summed E-state index contributed by atoms with van der Waals surface area (Å²) in [6, 6.07) is 7.50. The van der Waals surface area contributed by atoms with Gasteiger partial charge in [-0.15, -0.1) is 0 Å². The molecule has 2 amide bonds. The van der Waals surface area contributed by atoms with Gasteiger partial charge in [-0.2, -0.15) is 0 Å². The van der Waals surface area contributed by atoms with Crippen molar-refractivity contribution < 1.29 is 14.7 Å². The van der Waals surface area contributed by atoms with Crippen molar-refractivity contribution in [2.75, 3.05) is 25.5 Å². The van der Waals surface area contributed by atoms with Gasteiger partial charge >= 0.3 is 6.09 Å². The lowest BCUT2D eigenvalue weighted by Gasteiger charge is -2.22. The first-order chi connectivity index (χ1) is 9.90. The highest BCUT2D eigenvalue weighted by atomic mass is 16.4. The number of anilines is 1. The van der Waals surface area contributed by atoms with Crippen LogP contribution >= 0.6 is 0 Å². The summed E-state index contributed by atoms with van der Waals surface area (Å²) in [7, 11) is 4.04. The largest absolute Gasteiger partial charge is 0.465 e. The van der Waals surface area contributed by atoms with Crippen molar-refractivity contribution in [3.63, 3.8) is 0 Å². The molecule has 1 aliphatic heterocycles. The zero-order valence-electron chi connectivity index (χ0n) is 12.5. The van der Waals surface area contributed by atoms with E-state index in [1.54, 1.807) is 4.90 Å². The molecule has 1 aromatic carbocycles. The third kappa shape index (κ3) is 3.33. The fourth-order valence-corrected chi connectivity index (χ4v) is 2.45. The normalized spacial score (nSPS) is 19.9. The average molecular weight is 291 g/mol. The van der Waals surface area contributed by atoms with Gasteiger partial charge in [0.25, 0.3) is 0 Å². The summed E-state index contributed by atoms with van der Waals surface area (Å²) >= 11 is 0. The van der Waals surface area contributed by atoms with Gasteiger partial charge in [-0.25, -0.2) is 4.79 Å². The smallest absolute Gasteiger partial charge is 0.405 e. The second kappa shape index (κ2) is 6.13. The van der Waals surface area contributed by atoms with E-state index in [2.05, 4.69) is 17.1 Å². The predicted octanol–water partition coefficient (Wildman–Crippen LogP) is 1.68. The van der Waals surface area contributed by atoms with E-state index >= 15 is 0 Å². The Hall–Kier alpha value is -2.08. The monoisotopic (exact) mass is 291 g/mol. The number of nitrogens with one attached hydrogen (secondary N) is 1. The Balaban J connectivity index is 2.09. The first kappa shape index (κ1) is 15.3. The van der Waals surface area contributed by atoms with Crippen LogP contribution in [-0.2, 0) is 4.79 Å². The Labute approximate surface area is 124 Å². The molecule has 1 fully saturated rings. The number of benzene rings is 1. The van der Waals surface area contributed by atoms with Crippen molar-refractivity contribution in [3.05, 3.63) is 29.8 Å². The molecular weight excluding hydrogens is 270 g/mol. The van der Waals surface area contributed by atoms with Crippen LogP contribution in [0, 0.1) is 0 Å². The Kier molecular flexibility index (Phi) is 4.47. The maximum atomic E-state index is 12.2. The van der Waals surface area contributed by atoms with E-state index in [0.29, 0.717) is 19.0 Å². The van der Waals surface area contributed by atoms with Crippen LogP contribution in [0.4, 0.5) is 10.5 Å². The molecule has 6 nitrogen and oxygen atoms in total. The molecule has 0 spiro atoms. The van der Waals surface area contributed by atoms with Gasteiger partial charge in [0, 0.05) is 18.3 Å². The van der Waals surface area contributed by atoms with E-state index in [4.69, 9.17) is 5.11 Å². The molecule has 0 bridgehead atoms. The molecule has 114 valence electrons. The minimum atomic E-state index is -1.16. The van der Waals surface area contributed by atoms with Gasteiger partial charge in [-0.1, -0.05) is 12.1 Å². The maximum Gasteiger partial charge on any atom is 0.405 e. The van der Waals surface area contributed by atoms with E-state index in [9.17, 15) is 9.59 Å².